The molecule has 1 aromatic carbocycles. The van der Waals surface area contributed by atoms with Crippen molar-refractivity contribution in [3.05, 3.63) is 42.8 Å². The summed E-state index contributed by atoms with van der Waals surface area (Å²) < 4.78 is 43.3. The van der Waals surface area contributed by atoms with E-state index in [9.17, 15) is 32.4 Å². The lowest BCUT2D eigenvalue weighted by atomic mass is 10.0. The SMILES string of the molecule is C=CC[C@@H](NS(C)(=O)=O)C(=O)N1C[C@H](OC(=O)N2CCCCC2)C[C@H]1C(=O)N[C@@H](CCCCNC(=O)OC(C)(C)C)C(=O)c1nc2ccccc2o1. The van der Waals surface area contributed by atoms with Gasteiger partial charge < -0.3 is 34.3 Å². The Balaban J connectivity index is 1.54. The van der Waals surface area contributed by atoms with Crippen LogP contribution in [0.4, 0.5) is 9.59 Å². The summed E-state index contributed by atoms with van der Waals surface area (Å²) in [5, 5.41) is 5.44. The van der Waals surface area contributed by atoms with E-state index < -0.39 is 69.6 Å². The van der Waals surface area contributed by atoms with Crippen LogP contribution in [0.5, 0.6) is 0 Å². The second kappa shape index (κ2) is 17.8. The number of likely N-dealkylation sites (tertiary alicyclic amines) is 2. The minimum atomic E-state index is -3.84. The molecule has 0 bridgehead atoms. The summed E-state index contributed by atoms with van der Waals surface area (Å²) in [6, 6.07) is 3.19. The first-order valence-electron chi connectivity index (χ1n) is 17.6. The second-order valence-electron chi connectivity index (χ2n) is 14.1. The first-order chi connectivity index (χ1) is 24.5. The quantitative estimate of drug-likeness (QED) is 0.137. The van der Waals surface area contributed by atoms with Gasteiger partial charge in [-0.1, -0.05) is 18.2 Å². The van der Waals surface area contributed by atoms with Gasteiger partial charge >= 0.3 is 12.2 Å². The van der Waals surface area contributed by atoms with Crippen molar-refractivity contribution in [2.45, 2.75) is 102 Å². The number of hydrogen-bond donors (Lipinski definition) is 3. The zero-order chi connectivity index (χ0) is 38.1. The molecule has 1 aromatic heterocycles. The Morgan fingerprint density at radius 1 is 1.08 bits per heavy atom. The van der Waals surface area contributed by atoms with Crippen LogP contribution in [-0.2, 0) is 29.1 Å². The number of benzene rings is 1. The number of sulfonamides is 1. The molecule has 2 saturated heterocycles. The van der Waals surface area contributed by atoms with Gasteiger partial charge in [0, 0.05) is 26.1 Å². The van der Waals surface area contributed by atoms with Gasteiger partial charge in [-0.05, 0) is 77.8 Å². The monoisotopic (exact) mass is 746 g/mol. The fraction of sp³-hybridized carbons (Fsp3) is 0.600. The number of hydrogen-bond acceptors (Lipinski definition) is 11. The number of ketones is 1. The van der Waals surface area contributed by atoms with Gasteiger partial charge in [0.05, 0.1) is 18.8 Å². The van der Waals surface area contributed by atoms with E-state index in [1.165, 1.54) is 11.0 Å². The highest BCUT2D eigenvalue weighted by molar-refractivity contribution is 7.88. The van der Waals surface area contributed by atoms with E-state index in [0.717, 1.165) is 25.5 Å². The minimum absolute atomic E-state index is 0.0643. The fourth-order valence-electron chi connectivity index (χ4n) is 6.13. The number of oxazole rings is 1. The van der Waals surface area contributed by atoms with Gasteiger partial charge in [0.1, 0.15) is 29.3 Å². The van der Waals surface area contributed by atoms with Crippen molar-refractivity contribution in [2.75, 3.05) is 32.4 Å². The molecule has 3 N–H and O–H groups in total. The molecule has 2 aliphatic rings. The largest absolute Gasteiger partial charge is 0.444 e. The predicted octanol–water partition coefficient (Wildman–Crippen LogP) is 3.28. The smallest absolute Gasteiger partial charge is 0.410 e. The van der Waals surface area contributed by atoms with Crippen molar-refractivity contribution in [3.8, 4) is 0 Å². The number of aromatic nitrogens is 1. The highest BCUT2D eigenvalue weighted by Crippen LogP contribution is 2.25. The number of alkyl carbamates (subject to hydrolysis) is 1. The van der Waals surface area contributed by atoms with Gasteiger partial charge in [-0.3, -0.25) is 14.4 Å². The summed E-state index contributed by atoms with van der Waals surface area (Å²) in [5.74, 6) is -2.23. The van der Waals surface area contributed by atoms with E-state index in [2.05, 4.69) is 26.9 Å². The van der Waals surface area contributed by atoms with Crippen LogP contribution in [0, 0.1) is 0 Å². The molecule has 2 aromatic rings. The molecule has 2 aliphatic heterocycles. The van der Waals surface area contributed by atoms with Crippen LogP contribution in [0.25, 0.3) is 11.1 Å². The third-order valence-corrected chi connectivity index (χ3v) is 9.23. The maximum Gasteiger partial charge on any atom is 0.410 e. The normalized spacial score (nSPS) is 19.1. The number of nitrogens with zero attached hydrogens (tertiary/aromatic N) is 3. The number of ether oxygens (including phenoxy) is 2. The first kappa shape index (κ1) is 40.3. The molecular weight excluding hydrogens is 696 g/mol. The summed E-state index contributed by atoms with van der Waals surface area (Å²) in [7, 11) is -3.84. The number of rotatable bonds is 15. The van der Waals surface area contributed by atoms with Gasteiger partial charge in [0.25, 0.3) is 5.89 Å². The topological polar surface area (TPSA) is 207 Å². The number of Topliss-reactive ketones (excluding diaryl/α,β-unsaturated/α-hetero) is 1. The van der Waals surface area contributed by atoms with Crippen LogP contribution in [0.3, 0.4) is 0 Å². The van der Waals surface area contributed by atoms with Crippen molar-refractivity contribution in [3.63, 3.8) is 0 Å². The number of amides is 4. The van der Waals surface area contributed by atoms with Crippen LogP contribution >= 0.6 is 0 Å². The molecule has 0 radical (unpaired) electrons. The molecule has 2 fully saturated rings. The number of unbranched alkanes of at least 4 members (excludes halogenated alkanes) is 1. The second-order valence-corrected chi connectivity index (χ2v) is 15.9. The van der Waals surface area contributed by atoms with Crippen molar-refractivity contribution < 1.29 is 46.3 Å². The highest BCUT2D eigenvalue weighted by Gasteiger charge is 2.45. The van der Waals surface area contributed by atoms with E-state index in [4.69, 9.17) is 13.9 Å². The number of para-hydroxylation sites is 2. The van der Waals surface area contributed by atoms with Crippen molar-refractivity contribution in [1.29, 1.82) is 0 Å². The minimum Gasteiger partial charge on any atom is -0.444 e. The first-order valence-corrected chi connectivity index (χ1v) is 19.4. The van der Waals surface area contributed by atoms with E-state index in [1.54, 1.807) is 49.9 Å². The molecule has 52 heavy (non-hydrogen) atoms. The molecule has 4 amide bonds. The maximum atomic E-state index is 14.1. The molecular formula is C35H50N6O10S. The molecule has 17 heteroatoms. The van der Waals surface area contributed by atoms with Gasteiger partial charge in [0.15, 0.2) is 5.58 Å². The number of carbonyl (C=O) groups is 5. The molecule has 0 unspecified atom stereocenters. The average Bonchev–Trinajstić information content (AvgIpc) is 3.70. The Morgan fingerprint density at radius 3 is 2.44 bits per heavy atom. The maximum absolute atomic E-state index is 14.1. The van der Waals surface area contributed by atoms with Crippen LogP contribution in [-0.4, -0.2) is 115 Å². The number of piperidine rings is 1. The number of fused-ring (bicyclic) bond motifs is 1. The summed E-state index contributed by atoms with van der Waals surface area (Å²) in [5.41, 5.74) is 0.170. The summed E-state index contributed by atoms with van der Waals surface area (Å²) >= 11 is 0. The molecule has 4 rings (SSSR count). The Morgan fingerprint density at radius 2 is 1.79 bits per heavy atom. The average molecular weight is 747 g/mol. The zero-order valence-corrected chi connectivity index (χ0v) is 31.0. The third kappa shape index (κ3) is 11.8. The molecule has 16 nitrogen and oxygen atoms in total. The van der Waals surface area contributed by atoms with E-state index in [0.29, 0.717) is 37.0 Å². The Kier molecular flexibility index (Phi) is 13.8. The predicted molar refractivity (Wildman–Crippen MR) is 191 cm³/mol. The highest BCUT2D eigenvalue weighted by atomic mass is 32.2. The lowest BCUT2D eigenvalue weighted by Crippen LogP contribution is -2.55. The van der Waals surface area contributed by atoms with Crippen molar-refractivity contribution in [2.24, 2.45) is 0 Å². The standard InChI is InChI=1S/C35H50N6O10S/c1-6-14-26(39-52(5,47)48)32(44)41-22-23(49-34(46)40-19-12-7-13-20-40)21-27(41)30(43)37-25(16-10-11-18-36-33(45)51-35(2,3)4)29(42)31-38-24-15-8-9-17-28(24)50-31/h6,8-9,15,17,23,25-27,39H,1,7,10-14,16,18-22H2,2-5H3,(H,36,45)(H,37,43)/t23-,25+,26-,27+/m1/s1. The van der Waals surface area contributed by atoms with Crippen LogP contribution in [0.15, 0.2) is 41.3 Å². The van der Waals surface area contributed by atoms with Crippen molar-refractivity contribution >= 4 is 50.9 Å². The van der Waals surface area contributed by atoms with Crippen molar-refractivity contribution in [1.82, 2.24) is 30.1 Å². The molecule has 0 spiro atoms. The van der Waals surface area contributed by atoms with E-state index in [-0.39, 0.29) is 38.2 Å². The number of nitrogens with one attached hydrogen (secondary N) is 3. The molecule has 4 atom stereocenters. The van der Waals surface area contributed by atoms with Crippen LogP contribution < -0.4 is 15.4 Å². The Labute approximate surface area is 304 Å². The number of carbonyl (C=O) groups excluding carboxylic acids is 5. The van der Waals surface area contributed by atoms with Crippen LogP contribution in [0.2, 0.25) is 0 Å². The zero-order valence-electron chi connectivity index (χ0n) is 30.2. The molecule has 0 aliphatic carbocycles. The summed E-state index contributed by atoms with van der Waals surface area (Å²) in [6.07, 6.45) is 3.76. The summed E-state index contributed by atoms with van der Waals surface area (Å²) in [4.78, 5) is 74.0. The van der Waals surface area contributed by atoms with Crippen LogP contribution in [0.1, 0.15) is 82.8 Å². The third-order valence-electron chi connectivity index (χ3n) is 8.51. The summed E-state index contributed by atoms with van der Waals surface area (Å²) in [6.45, 7) is 10.0. The van der Waals surface area contributed by atoms with E-state index in [1.807, 2.05) is 0 Å². The molecule has 0 saturated carbocycles. The lowest BCUT2D eigenvalue weighted by molar-refractivity contribution is -0.139. The Hall–Kier alpha value is -4.51. The lowest BCUT2D eigenvalue weighted by Gasteiger charge is -2.29. The molecule has 3 heterocycles. The molecule has 286 valence electrons. The van der Waals surface area contributed by atoms with Gasteiger partial charge in [-0.2, -0.15) is 0 Å². The van der Waals surface area contributed by atoms with E-state index >= 15 is 0 Å². The fourth-order valence-corrected chi connectivity index (χ4v) is 6.85. The Bertz CT molecular complexity index is 1680. The van der Waals surface area contributed by atoms with Gasteiger partial charge in [0.2, 0.25) is 27.6 Å². The van der Waals surface area contributed by atoms with Gasteiger partial charge in [-0.15, -0.1) is 6.58 Å². The van der Waals surface area contributed by atoms with Gasteiger partial charge in [-0.25, -0.2) is 27.7 Å².